The van der Waals surface area contributed by atoms with Crippen molar-refractivity contribution in [3.05, 3.63) is 87.6 Å². The fraction of sp³-hybridized carbons (Fsp3) is 0.111. The molecular weight excluding hydrogens is 436 g/mol. The average Bonchev–Trinajstić information content (AvgIpc) is 2.83. The van der Waals surface area contributed by atoms with E-state index in [1.807, 2.05) is 30.3 Å². The number of hydrogen-bond acceptors (Lipinski definition) is 7. The van der Waals surface area contributed by atoms with Crippen molar-refractivity contribution in [3.63, 3.8) is 0 Å². The smallest absolute Gasteiger partial charge is 0.312 e. The summed E-state index contributed by atoms with van der Waals surface area (Å²) in [6, 6.07) is 16.4. The molecule has 1 unspecified atom stereocenters. The number of carbonyl (C=O) groups excluding carboxylic acids is 1. The molecule has 0 aliphatic carbocycles. The van der Waals surface area contributed by atoms with E-state index in [0.717, 1.165) is 16.9 Å². The number of phenols is 2. The van der Waals surface area contributed by atoms with Gasteiger partial charge in [0.1, 0.15) is 46.3 Å². The van der Waals surface area contributed by atoms with Gasteiger partial charge < -0.3 is 24.1 Å². The molecule has 34 heavy (non-hydrogen) atoms. The zero-order valence-corrected chi connectivity index (χ0v) is 17.8. The molecule has 0 radical (unpaired) electrons. The summed E-state index contributed by atoms with van der Waals surface area (Å²) < 4.78 is 17.5. The quantitative estimate of drug-likeness (QED) is 0.333. The Hall–Kier alpha value is -4.52. The summed E-state index contributed by atoms with van der Waals surface area (Å²) in [5.41, 5.74) is 2.54. The van der Waals surface area contributed by atoms with Crippen LogP contribution in [0.1, 0.15) is 23.5 Å². The topological polar surface area (TPSA) is 106 Å². The van der Waals surface area contributed by atoms with Crippen LogP contribution in [0.15, 0.2) is 75.4 Å². The lowest BCUT2D eigenvalue weighted by Gasteiger charge is -2.29. The number of hydrogen-bond donors (Lipinski definition) is 2. The third kappa shape index (κ3) is 3.21. The number of esters is 1. The molecule has 1 aromatic heterocycles. The molecule has 7 heteroatoms. The number of benzene rings is 3. The Morgan fingerprint density at radius 3 is 2.53 bits per heavy atom. The third-order valence-electron chi connectivity index (χ3n) is 6.18. The molecule has 0 fully saturated rings. The SMILES string of the molecule is O=C1CC(C2=Cc3ccccc3OC2)c2c(cc(O)c3c(=O)cc(-c4ccc(O)cc4)oc23)O1. The predicted octanol–water partition coefficient (Wildman–Crippen LogP) is 4.74. The highest BCUT2D eigenvalue weighted by Crippen LogP contribution is 2.47. The summed E-state index contributed by atoms with van der Waals surface area (Å²) in [5, 5.41) is 20.2. The highest BCUT2D eigenvalue weighted by molar-refractivity contribution is 5.93. The normalized spacial score (nSPS) is 16.8. The summed E-state index contributed by atoms with van der Waals surface area (Å²) in [5.74, 6) is 0.00329. The van der Waals surface area contributed by atoms with Gasteiger partial charge in [-0.3, -0.25) is 9.59 Å². The Balaban J connectivity index is 1.60. The van der Waals surface area contributed by atoms with E-state index >= 15 is 0 Å². The fourth-order valence-electron chi connectivity index (χ4n) is 4.58. The van der Waals surface area contributed by atoms with Crippen molar-refractivity contribution in [2.24, 2.45) is 0 Å². The van der Waals surface area contributed by atoms with Crippen LogP contribution in [0.5, 0.6) is 23.0 Å². The molecule has 168 valence electrons. The monoisotopic (exact) mass is 454 g/mol. The van der Waals surface area contributed by atoms with Gasteiger partial charge in [0.05, 0.1) is 6.42 Å². The van der Waals surface area contributed by atoms with Gasteiger partial charge in [0.2, 0.25) is 0 Å². The number of rotatable bonds is 2. The standard InChI is InChI=1S/C27H18O7/c28-17-7-5-14(6-8-17)22-11-19(29)26-20(30)12-23-25(27(26)34-22)18(10-24(31)33-23)16-9-15-3-1-2-4-21(15)32-13-16/h1-9,11-12,18,28,30H,10,13H2. The van der Waals surface area contributed by atoms with Crippen LogP contribution in [-0.2, 0) is 4.79 Å². The van der Waals surface area contributed by atoms with Crippen molar-refractivity contribution >= 4 is 23.0 Å². The molecule has 3 aromatic carbocycles. The first-order valence-corrected chi connectivity index (χ1v) is 10.7. The van der Waals surface area contributed by atoms with Gasteiger partial charge in [-0.25, -0.2) is 0 Å². The Morgan fingerprint density at radius 2 is 1.71 bits per heavy atom. The van der Waals surface area contributed by atoms with E-state index in [1.165, 1.54) is 24.3 Å². The van der Waals surface area contributed by atoms with Crippen molar-refractivity contribution < 1.29 is 28.9 Å². The van der Waals surface area contributed by atoms with Crippen molar-refractivity contribution in [1.82, 2.24) is 0 Å². The molecular formula is C27H18O7. The van der Waals surface area contributed by atoms with Gasteiger partial charge in [-0.1, -0.05) is 18.2 Å². The lowest BCUT2D eigenvalue weighted by molar-refractivity contribution is -0.135. The van der Waals surface area contributed by atoms with E-state index in [0.29, 0.717) is 11.1 Å². The van der Waals surface area contributed by atoms with Crippen molar-refractivity contribution in [1.29, 1.82) is 0 Å². The molecule has 3 heterocycles. The minimum absolute atomic E-state index is 0.0157. The van der Waals surface area contributed by atoms with Gasteiger partial charge in [0.15, 0.2) is 5.43 Å². The average molecular weight is 454 g/mol. The lowest BCUT2D eigenvalue weighted by Crippen LogP contribution is -2.25. The minimum atomic E-state index is -0.467. The number of aromatic hydroxyl groups is 2. The molecule has 2 aliphatic rings. The zero-order chi connectivity index (χ0) is 23.4. The van der Waals surface area contributed by atoms with Crippen LogP contribution >= 0.6 is 0 Å². The minimum Gasteiger partial charge on any atom is -0.508 e. The second-order valence-corrected chi connectivity index (χ2v) is 8.31. The highest BCUT2D eigenvalue weighted by atomic mass is 16.5. The fourth-order valence-corrected chi connectivity index (χ4v) is 4.58. The molecule has 0 spiro atoms. The summed E-state index contributed by atoms with van der Waals surface area (Å²) in [6.07, 6.45) is 2.02. The van der Waals surface area contributed by atoms with Gasteiger partial charge in [-0.2, -0.15) is 0 Å². The number of fused-ring (bicyclic) bond motifs is 4. The van der Waals surface area contributed by atoms with Crippen LogP contribution in [0, 0.1) is 0 Å². The second kappa shape index (κ2) is 7.52. The Labute approximate surface area is 193 Å². The Kier molecular flexibility index (Phi) is 4.45. The predicted molar refractivity (Wildman–Crippen MR) is 124 cm³/mol. The number of ether oxygens (including phenoxy) is 2. The first-order valence-electron chi connectivity index (χ1n) is 10.7. The molecule has 0 bridgehead atoms. The van der Waals surface area contributed by atoms with Crippen LogP contribution in [0.3, 0.4) is 0 Å². The van der Waals surface area contributed by atoms with Crippen molar-refractivity contribution in [3.8, 4) is 34.3 Å². The maximum absolute atomic E-state index is 13.0. The van der Waals surface area contributed by atoms with Crippen molar-refractivity contribution in [2.75, 3.05) is 6.61 Å². The Bertz CT molecular complexity index is 1560. The maximum atomic E-state index is 13.0. The molecule has 2 N–H and O–H groups in total. The van der Waals surface area contributed by atoms with Crippen LogP contribution < -0.4 is 14.9 Å². The first-order chi connectivity index (χ1) is 16.5. The molecule has 7 nitrogen and oxygen atoms in total. The largest absolute Gasteiger partial charge is 0.508 e. The number of para-hydroxylation sites is 1. The van der Waals surface area contributed by atoms with Crippen LogP contribution in [0.25, 0.3) is 28.4 Å². The van der Waals surface area contributed by atoms with Gasteiger partial charge in [0, 0.05) is 34.7 Å². The third-order valence-corrected chi connectivity index (χ3v) is 6.18. The maximum Gasteiger partial charge on any atom is 0.312 e. The molecule has 6 rings (SSSR count). The molecule has 2 aliphatic heterocycles. The van der Waals surface area contributed by atoms with E-state index in [1.54, 1.807) is 12.1 Å². The van der Waals surface area contributed by atoms with Gasteiger partial charge in [0.25, 0.3) is 0 Å². The van der Waals surface area contributed by atoms with Gasteiger partial charge in [-0.05, 0) is 42.0 Å². The van der Waals surface area contributed by atoms with Gasteiger partial charge >= 0.3 is 5.97 Å². The zero-order valence-electron chi connectivity index (χ0n) is 17.8. The summed E-state index contributed by atoms with van der Waals surface area (Å²) in [6.45, 7) is 0.263. The Morgan fingerprint density at radius 1 is 0.912 bits per heavy atom. The van der Waals surface area contributed by atoms with E-state index in [4.69, 9.17) is 13.9 Å². The van der Waals surface area contributed by atoms with Gasteiger partial charge in [-0.15, -0.1) is 0 Å². The molecule has 0 saturated carbocycles. The number of phenolic OH excluding ortho intramolecular Hbond substituents is 2. The van der Waals surface area contributed by atoms with E-state index in [2.05, 4.69) is 0 Å². The second-order valence-electron chi connectivity index (χ2n) is 8.31. The first kappa shape index (κ1) is 20.1. The molecule has 0 amide bonds. The molecule has 1 atom stereocenters. The summed E-state index contributed by atoms with van der Waals surface area (Å²) in [7, 11) is 0. The molecule has 4 aromatic rings. The lowest BCUT2D eigenvalue weighted by atomic mass is 9.83. The molecule has 0 saturated heterocycles. The summed E-state index contributed by atoms with van der Waals surface area (Å²) >= 11 is 0. The van der Waals surface area contributed by atoms with Crippen LogP contribution in [0.4, 0.5) is 0 Å². The highest BCUT2D eigenvalue weighted by Gasteiger charge is 2.35. The van der Waals surface area contributed by atoms with Crippen molar-refractivity contribution in [2.45, 2.75) is 12.3 Å². The van der Waals surface area contributed by atoms with Crippen LogP contribution in [0.2, 0.25) is 0 Å². The number of carbonyl (C=O) groups is 1. The van der Waals surface area contributed by atoms with E-state index < -0.39 is 17.3 Å². The summed E-state index contributed by atoms with van der Waals surface area (Å²) in [4.78, 5) is 25.5. The van der Waals surface area contributed by atoms with E-state index in [9.17, 15) is 19.8 Å². The van der Waals surface area contributed by atoms with Crippen LogP contribution in [-0.4, -0.2) is 22.8 Å². The van der Waals surface area contributed by atoms with E-state index in [-0.39, 0.29) is 47.0 Å².